The van der Waals surface area contributed by atoms with Crippen LogP contribution in [0.15, 0.2) is 16.9 Å². The molecule has 8 heteroatoms. The van der Waals surface area contributed by atoms with Crippen molar-refractivity contribution in [2.24, 2.45) is 0 Å². The number of aromatic nitrogens is 2. The Morgan fingerprint density at radius 1 is 1.45 bits per heavy atom. The summed E-state index contributed by atoms with van der Waals surface area (Å²) in [6.45, 7) is 0.0714. The highest BCUT2D eigenvalue weighted by atomic mass is 35.5. The van der Waals surface area contributed by atoms with Crippen LogP contribution in [0.5, 0.6) is 11.5 Å². The molecule has 0 amide bonds. The number of H-pyrrole nitrogens is 1. The fourth-order valence-corrected chi connectivity index (χ4v) is 5.16. The van der Waals surface area contributed by atoms with Crippen molar-refractivity contribution in [3.63, 3.8) is 0 Å². The number of thiophene rings is 1. The summed E-state index contributed by atoms with van der Waals surface area (Å²) in [5.41, 5.74) is 1.63. The molecule has 0 spiro atoms. The van der Waals surface area contributed by atoms with Gasteiger partial charge in [0.15, 0.2) is 17.3 Å². The maximum atomic E-state index is 12.6. The van der Waals surface area contributed by atoms with Gasteiger partial charge in [0.05, 0.1) is 22.6 Å². The van der Waals surface area contributed by atoms with Crippen molar-refractivity contribution >= 4 is 55.9 Å². The van der Waals surface area contributed by atoms with E-state index in [1.54, 1.807) is 29.5 Å². The maximum Gasteiger partial charge on any atom is 0.260 e. The van der Waals surface area contributed by atoms with Gasteiger partial charge in [-0.15, -0.1) is 17.8 Å². The number of fused-ring (bicyclic) bond motifs is 3. The lowest BCUT2D eigenvalue weighted by atomic mass is 10.1. The number of hydrogen-bond donors (Lipinski definition) is 1. The van der Waals surface area contributed by atoms with E-state index < -0.39 is 0 Å². The van der Waals surface area contributed by atoms with Gasteiger partial charge < -0.3 is 14.5 Å². The molecule has 1 aliphatic carbocycles. The van der Waals surface area contributed by atoms with Gasteiger partial charge in [-0.2, -0.15) is 0 Å². The van der Waals surface area contributed by atoms with E-state index >= 15 is 0 Å². The van der Waals surface area contributed by atoms with Gasteiger partial charge in [-0.05, 0) is 48.6 Å². The Labute approximate surface area is 181 Å². The predicted octanol–water partition coefficient (Wildman–Crippen LogP) is 4.88. The first-order valence-electron chi connectivity index (χ1n) is 8.87. The van der Waals surface area contributed by atoms with E-state index in [0.717, 1.165) is 24.8 Å². The van der Waals surface area contributed by atoms with E-state index in [2.05, 4.69) is 15.9 Å². The van der Waals surface area contributed by atoms with Crippen molar-refractivity contribution in [1.82, 2.24) is 9.97 Å². The Balaban J connectivity index is 1.73. The number of aromatic amines is 1. The third-order valence-corrected chi connectivity index (χ3v) is 6.40. The number of hydrogen-bond acceptors (Lipinski definition) is 5. The summed E-state index contributed by atoms with van der Waals surface area (Å²) in [4.78, 5) is 22.0. The molecule has 0 atom stereocenters. The summed E-state index contributed by atoms with van der Waals surface area (Å²) in [7, 11) is 1.51. The molecule has 1 aliphatic rings. The predicted molar refractivity (Wildman–Crippen MR) is 118 cm³/mol. The Bertz CT molecular complexity index is 1240. The van der Waals surface area contributed by atoms with E-state index in [1.165, 1.54) is 12.0 Å². The van der Waals surface area contributed by atoms with E-state index in [-0.39, 0.29) is 17.2 Å². The average molecular weight is 447 g/mol. The summed E-state index contributed by atoms with van der Waals surface area (Å²) in [5, 5.41) is 1.31. The van der Waals surface area contributed by atoms with Gasteiger partial charge in [0.25, 0.3) is 5.56 Å². The smallest absolute Gasteiger partial charge is 0.260 e. The molecular weight excluding hydrogens is 431 g/mol. The molecular formula is C21H16Cl2N2O3S. The molecule has 0 unspecified atom stereocenters. The molecule has 0 bridgehead atoms. The lowest BCUT2D eigenvalue weighted by Crippen LogP contribution is -2.10. The summed E-state index contributed by atoms with van der Waals surface area (Å²) < 4.78 is 10.8. The second kappa shape index (κ2) is 8.11. The second-order valence-corrected chi connectivity index (χ2v) is 8.37. The van der Waals surface area contributed by atoms with Crippen molar-refractivity contribution in [3.05, 3.63) is 49.3 Å². The van der Waals surface area contributed by atoms with Crippen molar-refractivity contribution in [2.45, 2.75) is 19.3 Å². The number of aryl methyl sites for hydroxylation is 2. The zero-order chi connectivity index (χ0) is 20.5. The molecule has 29 heavy (non-hydrogen) atoms. The Kier molecular flexibility index (Phi) is 5.55. The van der Waals surface area contributed by atoms with Crippen LogP contribution in [0.3, 0.4) is 0 Å². The molecule has 1 aromatic carbocycles. The third-order valence-electron chi connectivity index (χ3n) is 4.65. The van der Waals surface area contributed by atoms with E-state index in [1.807, 2.05) is 0 Å². The minimum atomic E-state index is -0.162. The van der Waals surface area contributed by atoms with Crippen molar-refractivity contribution in [1.29, 1.82) is 0 Å². The largest absolute Gasteiger partial charge is 0.493 e. The second-order valence-electron chi connectivity index (χ2n) is 6.47. The highest BCUT2D eigenvalue weighted by Gasteiger charge is 2.21. The molecule has 5 nitrogen and oxygen atoms in total. The highest BCUT2D eigenvalue weighted by molar-refractivity contribution is 7.18. The van der Waals surface area contributed by atoms with Crippen LogP contribution in [-0.2, 0) is 12.8 Å². The molecule has 0 aliphatic heterocycles. The molecule has 0 fully saturated rings. The van der Waals surface area contributed by atoms with Gasteiger partial charge in [0.2, 0.25) is 0 Å². The normalized spacial score (nSPS) is 13.4. The number of terminal acetylenes is 1. The number of nitrogens with zero attached hydrogens (tertiary/aromatic N) is 1. The maximum absolute atomic E-state index is 12.6. The third kappa shape index (κ3) is 3.74. The standard InChI is InChI=1S/C21H16Cl2N2O3S/c1-3-7-28-18-13(22)8-11(10-15(18)27-2)9-14(23)19-24-20(26)17-12-5-4-6-16(12)29-21(17)25-19/h1,8-10H,4-7H2,2H3,(H,24,25,26)/b14-9-. The van der Waals surface area contributed by atoms with Crippen LogP contribution in [-0.4, -0.2) is 23.7 Å². The molecule has 2 heterocycles. The zero-order valence-corrected chi connectivity index (χ0v) is 17.8. The molecule has 0 saturated heterocycles. The molecule has 148 valence electrons. The van der Waals surface area contributed by atoms with Crippen LogP contribution in [0.4, 0.5) is 0 Å². The summed E-state index contributed by atoms with van der Waals surface area (Å²) in [6.07, 6.45) is 9.90. The lowest BCUT2D eigenvalue weighted by Gasteiger charge is -2.11. The minimum Gasteiger partial charge on any atom is -0.493 e. The minimum absolute atomic E-state index is 0.0714. The van der Waals surface area contributed by atoms with Gasteiger partial charge >= 0.3 is 0 Å². The van der Waals surface area contributed by atoms with Crippen LogP contribution < -0.4 is 15.0 Å². The molecule has 0 saturated carbocycles. The number of ether oxygens (including phenoxy) is 2. The molecule has 1 N–H and O–H groups in total. The van der Waals surface area contributed by atoms with Crippen LogP contribution in [0.2, 0.25) is 5.02 Å². The zero-order valence-electron chi connectivity index (χ0n) is 15.5. The summed E-state index contributed by atoms with van der Waals surface area (Å²) in [6, 6.07) is 3.39. The van der Waals surface area contributed by atoms with Crippen LogP contribution >= 0.6 is 34.5 Å². The van der Waals surface area contributed by atoms with Gasteiger partial charge in [-0.3, -0.25) is 4.79 Å². The van der Waals surface area contributed by atoms with Gasteiger partial charge in [-0.1, -0.05) is 29.1 Å². The first kappa shape index (κ1) is 19.8. The SMILES string of the molecule is C#CCOc1c(Cl)cc(/C=C(\Cl)c2nc3sc4c(c3c(=O)[nH]2)CCC4)cc1OC. The van der Waals surface area contributed by atoms with Gasteiger partial charge in [-0.25, -0.2) is 4.98 Å². The fourth-order valence-electron chi connectivity index (χ4n) is 3.41. The van der Waals surface area contributed by atoms with E-state index in [9.17, 15) is 4.79 Å². The highest BCUT2D eigenvalue weighted by Crippen LogP contribution is 2.38. The monoisotopic (exact) mass is 446 g/mol. The van der Waals surface area contributed by atoms with Crippen LogP contribution in [0.1, 0.15) is 28.2 Å². The Hall–Kier alpha value is -2.46. The quantitative estimate of drug-likeness (QED) is 0.566. The number of halogens is 2. The molecule has 3 aromatic rings. The molecule has 0 radical (unpaired) electrons. The van der Waals surface area contributed by atoms with Crippen molar-refractivity contribution in [3.8, 4) is 23.8 Å². The lowest BCUT2D eigenvalue weighted by molar-refractivity contribution is 0.331. The first-order chi connectivity index (χ1) is 14.0. The van der Waals surface area contributed by atoms with Crippen LogP contribution in [0.25, 0.3) is 21.3 Å². The Morgan fingerprint density at radius 2 is 2.28 bits per heavy atom. The average Bonchev–Trinajstić information content (AvgIpc) is 3.27. The van der Waals surface area contributed by atoms with Crippen molar-refractivity contribution in [2.75, 3.05) is 13.7 Å². The summed E-state index contributed by atoms with van der Waals surface area (Å²) >= 11 is 14.3. The number of nitrogens with one attached hydrogen (secondary N) is 1. The fraction of sp³-hybridized carbons (Fsp3) is 0.238. The molecule has 4 rings (SSSR count). The van der Waals surface area contributed by atoms with Gasteiger partial charge in [0.1, 0.15) is 11.4 Å². The van der Waals surface area contributed by atoms with E-state index in [0.29, 0.717) is 38.1 Å². The van der Waals surface area contributed by atoms with Crippen LogP contribution in [0, 0.1) is 12.3 Å². The topological polar surface area (TPSA) is 64.2 Å². The number of rotatable bonds is 5. The molecule has 2 aromatic heterocycles. The van der Waals surface area contributed by atoms with E-state index in [4.69, 9.17) is 39.1 Å². The first-order valence-corrected chi connectivity index (χ1v) is 10.4. The van der Waals surface area contributed by atoms with Gasteiger partial charge in [0, 0.05) is 4.88 Å². The Morgan fingerprint density at radius 3 is 3.03 bits per heavy atom. The number of methoxy groups -OCH3 is 1. The summed E-state index contributed by atoms with van der Waals surface area (Å²) in [5.74, 6) is 3.49. The van der Waals surface area contributed by atoms with Crippen molar-refractivity contribution < 1.29 is 9.47 Å². The number of benzene rings is 1.